The third-order valence-corrected chi connectivity index (χ3v) is 12.9. The van der Waals surface area contributed by atoms with Crippen molar-refractivity contribution in [3.63, 3.8) is 0 Å². The molecule has 0 bridgehead atoms. The summed E-state index contributed by atoms with van der Waals surface area (Å²) in [5.41, 5.74) is 1.41. The number of nitro groups is 1. The summed E-state index contributed by atoms with van der Waals surface area (Å²) >= 11 is 0. The van der Waals surface area contributed by atoms with Gasteiger partial charge in [-0.1, -0.05) is 53.2 Å². The van der Waals surface area contributed by atoms with Crippen molar-refractivity contribution < 1.29 is 24.0 Å². The smallest absolute Gasteiger partial charge is 0.286 e. The number of aliphatic hydroxyl groups is 1. The van der Waals surface area contributed by atoms with Crippen LogP contribution in [0.25, 0.3) is 0 Å². The molecule has 0 aliphatic carbocycles. The SMILES string of the molecule is CC=C1CC(CO)N(C(=O)c2cc(OC)c(O[Si](C(C)C)(C(C)C)C(C)C)cc2[N+](=O)[O-])C1. The minimum absolute atomic E-state index is 0.0640. The van der Waals surface area contributed by atoms with Crippen LogP contribution in [0.2, 0.25) is 16.6 Å². The molecule has 1 heterocycles. The van der Waals surface area contributed by atoms with Crippen molar-refractivity contribution in [3.8, 4) is 11.5 Å². The minimum atomic E-state index is -2.41. The molecule has 1 aromatic rings. The standard InChI is InChI=1S/C24H38N2O6Si/c1-9-18-10-19(14-27)25(13-18)24(28)20-11-22(31-8)23(12-21(20)26(29)30)32-33(15(2)3,16(4)5)17(6)7/h9,11-12,15-17,19,27H,10,13-14H2,1-8H3. The molecule has 1 saturated heterocycles. The molecule has 0 spiro atoms. The molecule has 1 amide bonds. The first-order valence-electron chi connectivity index (χ1n) is 11.6. The highest BCUT2D eigenvalue weighted by atomic mass is 28.4. The maximum atomic E-state index is 13.4. The van der Waals surface area contributed by atoms with Gasteiger partial charge in [0.05, 0.1) is 30.7 Å². The van der Waals surface area contributed by atoms with Gasteiger partial charge in [0.25, 0.3) is 19.9 Å². The fraction of sp³-hybridized carbons (Fsp3) is 0.625. The van der Waals surface area contributed by atoms with E-state index in [2.05, 4.69) is 41.5 Å². The Bertz CT molecular complexity index is 891. The normalized spacial score (nSPS) is 18.0. The minimum Gasteiger partial charge on any atom is -0.540 e. The number of hydrogen-bond acceptors (Lipinski definition) is 6. The number of nitrogens with zero attached hydrogens (tertiary/aromatic N) is 2. The van der Waals surface area contributed by atoms with E-state index in [-0.39, 0.29) is 34.5 Å². The van der Waals surface area contributed by atoms with E-state index >= 15 is 0 Å². The molecule has 1 unspecified atom stereocenters. The van der Waals surface area contributed by atoms with E-state index in [0.29, 0.717) is 24.5 Å². The lowest BCUT2D eigenvalue weighted by molar-refractivity contribution is -0.385. The predicted molar refractivity (Wildman–Crippen MR) is 132 cm³/mol. The molecular weight excluding hydrogens is 440 g/mol. The van der Waals surface area contributed by atoms with E-state index in [4.69, 9.17) is 9.16 Å². The zero-order valence-corrected chi connectivity index (χ0v) is 22.0. The van der Waals surface area contributed by atoms with Gasteiger partial charge >= 0.3 is 0 Å². The Morgan fingerprint density at radius 2 is 1.79 bits per heavy atom. The Balaban J connectivity index is 2.62. The van der Waals surface area contributed by atoms with E-state index < -0.39 is 25.2 Å². The van der Waals surface area contributed by atoms with Crippen LogP contribution in [-0.4, -0.2) is 55.5 Å². The maximum absolute atomic E-state index is 13.4. The molecule has 1 aliphatic heterocycles. The van der Waals surface area contributed by atoms with Crippen molar-refractivity contribution in [2.24, 2.45) is 0 Å². The molecule has 1 aromatic carbocycles. The fourth-order valence-electron chi connectivity index (χ4n) is 5.24. The van der Waals surface area contributed by atoms with Crippen LogP contribution < -0.4 is 9.16 Å². The van der Waals surface area contributed by atoms with Gasteiger partial charge in [0, 0.05) is 12.6 Å². The summed E-state index contributed by atoms with van der Waals surface area (Å²) in [4.78, 5) is 26.3. The van der Waals surface area contributed by atoms with E-state index in [9.17, 15) is 20.0 Å². The molecule has 184 valence electrons. The molecular formula is C24H38N2O6Si. The number of nitro benzene ring substituents is 1. The van der Waals surface area contributed by atoms with Crippen molar-refractivity contribution >= 4 is 19.9 Å². The van der Waals surface area contributed by atoms with Crippen LogP contribution in [0.3, 0.4) is 0 Å². The second kappa shape index (κ2) is 10.7. The Morgan fingerprint density at radius 3 is 2.21 bits per heavy atom. The quantitative estimate of drug-likeness (QED) is 0.223. The highest BCUT2D eigenvalue weighted by molar-refractivity contribution is 6.78. The van der Waals surface area contributed by atoms with Gasteiger partial charge in [-0.25, -0.2) is 0 Å². The van der Waals surface area contributed by atoms with Crippen LogP contribution in [-0.2, 0) is 0 Å². The number of amides is 1. The molecule has 1 aliphatic rings. The first-order valence-corrected chi connectivity index (χ1v) is 13.7. The van der Waals surface area contributed by atoms with Gasteiger partial charge in [0.2, 0.25) is 0 Å². The van der Waals surface area contributed by atoms with Crippen LogP contribution in [0, 0.1) is 10.1 Å². The number of benzene rings is 1. The van der Waals surface area contributed by atoms with Crippen LogP contribution >= 0.6 is 0 Å². The number of allylic oxidation sites excluding steroid dienone is 1. The predicted octanol–water partition coefficient (Wildman–Crippen LogP) is 5.31. The topological polar surface area (TPSA) is 102 Å². The van der Waals surface area contributed by atoms with Gasteiger partial charge in [-0.2, -0.15) is 0 Å². The van der Waals surface area contributed by atoms with Gasteiger partial charge < -0.3 is 19.2 Å². The van der Waals surface area contributed by atoms with Crippen molar-refractivity contribution in [1.82, 2.24) is 4.90 Å². The Kier molecular flexibility index (Phi) is 8.70. The maximum Gasteiger partial charge on any atom is 0.286 e. The van der Waals surface area contributed by atoms with Crippen molar-refractivity contribution in [1.29, 1.82) is 0 Å². The molecule has 1 fully saturated rings. The first kappa shape index (κ1) is 26.9. The zero-order valence-electron chi connectivity index (χ0n) is 21.0. The molecule has 9 heteroatoms. The Morgan fingerprint density at radius 1 is 1.21 bits per heavy atom. The number of carbonyl (C=O) groups is 1. The molecule has 0 aromatic heterocycles. The van der Waals surface area contributed by atoms with E-state index in [1.807, 2.05) is 13.0 Å². The Hall–Kier alpha value is -2.39. The number of hydrogen-bond donors (Lipinski definition) is 1. The lowest BCUT2D eigenvalue weighted by Gasteiger charge is -2.42. The molecule has 2 rings (SSSR count). The van der Waals surface area contributed by atoms with Crippen LogP contribution in [0.4, 0.5) is 5.69 Å². The van der Waals surface area contributed by atoms with Crippen LogP contribution in [0.5, 0.6) is 11.5 Å². The molecule has 33 heavy (non-hydrogen) atoms. The summed E-state index contributed by atoms with van der Waals surface area (Å²) in [6, 6.07) is 2.34. The van der Waals surface area contributed by atoms with E-state index in [0.717, 1.165) is 5.57 Å². The van der Waals surface area contributed by atoms with Crippen LogP contribution in [0.15, 0.2) is 23.8 Å². The van der Waals surface area contributed by atoms with E-state index in [1.54, 1.807) is 0 Å². The first-order chi connectivity index (χ1) is 15.4. The van der Waals surface area contributed by atoms with Crippen molar-refractivity contribution in [2.45, 2.75) is 77.6 Å². The monoisotopic (exact) mass is 478 g/mol. The second-order valence-corrected chi connectivity index (χ2v) is 15.0. The van der Waals surface area contributed by atoms with Crippen molar-refractivity contribution in [3.05, 3.63) is 39.5 Å². The zero-order chi connectivity index (χ0) is 25.1. The van der Waals surface area contributed by atoms with Crippen LogP contribution in [0.1, 0.15) is 65.2 Å². The lowest BCUT2D eigenvalue weighted by Crippen LogP contribution is -2.50. The van der Waals surface area contributed by atoms with E-state index in [1.165, 1.54) is 24.1 Å². The Labute approximate surface area is 197 Å². The number of aliphatic hydroxyl groups excluding tert-OH is 1. The lowest BCUT2D eigenvalue weighted by atomic mass is 10.1. The number of carbonyl (C=O) groups excluding carboxylic acids is 1. The van der Waals surface area contributed by atoms with Gasteiger partial charge in [0.15, 0.2) is 11.5 Å². The molecule has 0 saturated carbocycles. The van der Waals surface area contributed by atoms with Gasteiger partial charge in [0.1, 0.15) is 5.56 Å². The number of methoxy groups -OCH3 is 1. The van der Waals surface area contributed by atoms with Gasteiger partial charge in [-0.05, 0) is 30.0 Å². The highest BCUT2D eigenvalue weighted by Gasteiger charge is 2.48. The van der Waals surface area contributed by atoms with Gasteiger partial charge in [-0.3, -0.25) is 14.9 Å². The number of ether oxygens (including phenoxy) is 1. The third-order valence-electron chi connectivity index (χ3n) is 6.89. The summed E-state index contributed by atoms with van der Waals surface area (Å²) < 4.78 is 12.2. The molecule has 1 atom stereocenters. The molecule has 1 N–H and O–H groups in total. The summed E-state index contributed by atoms with van der Waals surface area (Å²) in [6.07, 6.45) is 2.46. The number of likely N-dealkylation sites (tertiary alicyclic amines) is 1. The number of rotatable bonds is 9. The summed E-state index contributed by atoms with van der Waals surface area (Å²) in [6.45, 7) is 14.8. The average molecular weight is 479 g/mol. The summed E-state index contributed by atoms with van der Waals surface area (Å²) in [5, 5.41) is 21.8. The second-order valence-electron chi connectivity index (χ2n) is 9.62. The average Bonchev–Trinajstić information content (AvgIpc) is 3.19. The highest BCUT2D eigenvalue weighted by Crippen LogP contribution is 2.46. The molecule has 0 radical (unpaired) electrons. The van der Waals surface area contributed by atoms with Crippen molar-refractivity contribution in [2.75, 3.05) is 20.3 Å². The largest absolute Gasteiger partial charge is 0.540 e. The fourth-order valence-corrected chi connectivity index (χ4v) is 10.5. The third kappa shape index (κ3) is 5.09. The summed E-state index contributed by atoms with van der Waals surface area (Å²) in [5.74, 6) is 0.106. The molecule has 8 nitrogen and oxygen atoms in total. The van der Waals surface area contributed by atoms with Gasteiger partial charge in [-0.15, -0.1) is 0 Å². The summed E-state index contributed by atoms with van der Waals surface area (Å²) in [7, 11) is -0.945.